The molecule has 0 radical (unpaired) electrons. The van der Waals surface area contributed by atoms with Crippen molar-refractivity contribution in [1.82, 2.24) is 14.9 Å². The molecule has 3 rings (SSSR count). The van der Waals surface area contributed by atoms with Crippen LogP contribution in [0.15, 0.2) is 30.7 Å². The average Bonchev–Trinajstić information content (AvgIpc) is 2.60. The maximum atomic E-state index is 11.6. The minimum absolute atomic E-state index is 0.00771. The largest absolute Gasteiger partial charge is 0.359 e. The number of pyridine rings is 2. The van der Waals surface area contributed by atoms with Crippen molar-refractivity contribution in [3.8, 4) is 11.1 Å². The number of amides is 1. The minimum Gasteiger partial charge on any atom is -0.359 e. The van der Waals surface area contributed by atoms with Crippen LogP contribution in [0.25, 0.3) is 11.1 Å². The van der Waals surface area contributed by atoms with Crippen LogP contribution in [0.3, 0.4) is 0 Å². The second-order valence-electron chi connectivity index (χ2n) is 6.54. The Morgan fingerprint density at radius 3 is 2.75 bits per heavy atom. The first-order chi connectivity index (χ1) is 11.5. The van der Waals surface area contributed by atoms with E-state index in [9.17, 15) is 4.79 Å². The molecular weight excluding hydrogens is 300 g/mol. The lowest BCUT2D eigenvalue weighted by atomic mass is 9.99. The number of carbonyl (C=O) groups is 1. The summed E-state index contributed by atoms with van der Waals surface area (Å²) in [5.41, 5.74) is 4.44. The van der Waals surface area contributed by atoms with E-state index in [0.29, 0.717) is 0 Å². The summed E-state index contributed by atoms with van der Waals surface area (Å²) in [6.07, 6.45) is 7.83. The van der Waals surface area contributed by atoms with E-state index in [-0.39, 0.29) is 11.9 Å². The molecule has 1 amide bonds. The van der Waals surface area contributed by atoms with Crippen molar-refractivity contribution in [2.75, 3.05) is 25.5 Å². The number of hydrogen-bond donors (Lipinski definition) is 0. The third-order valence-corrected chi connectivity index (χ3v) is 4.90. The Kier molecular flexibility index (Phi) is 4.51. The molecular formula is C19H24N4O. The molecule has 0 saturated heterocycles. The Hall–Kier alpha value is -2.43. The number of aryl methyl sites for hydroxylation is 1. The van der Waals surface area contributed by atoms with Crippen LogP contribution in [0.2, 0.25) is 0 Å². The number of rotatable bonds is 3. The monoisotopic (exact) mass is 324 g/mol. The van der Waals surface area contributed by atoms with E-state index < -0.39 is 0 Å². The molecule has 1 atom stereocenters. The van der Waals surface area contributed by atoms with E-state index >= 15 is 0 Å². The molecule has 1 aliphatic rings. The fraction of sp³-hybridized carbons (Fsp3) is 0.421. The van der Waals surface area contributed by atoms with Crippen molar-refractivity contribution in [3.63, 3.8) is 0 Å². The molecule has 2 aromatic heterocycles. The molecule has 5 heteroatoms. The maximum absolute atomic E-state index is 11.6. The molecule has 24 heavy (non-hydrogen) atoms. The van der Waals surface area contributed by atoms with E-state index in [1.54, 1.807) is 11.8 Å². The van der Waals surface area contributed by atoms with Gasteiger partial charge in [-0.05, 0) is 43.0 Å². The molecule has 5 nitrogen and oxygen atoms in total. The van der Waals surface area contributed by atoms with Gasteiger partial charge in [0.15, 0.2) is 0 Å². The van der Waals surface area contributed by atoms with Crippen LogP contribution < -0.4 is 4.90 Å². The number of aromatic nitrogens is 2. The summed E-state index contributed by atoms with van der Waals surface area (Å²) in [4.78, 5) is 24.6. The van der Waals surface area contributed by atoms with Gasteiger partial charge in [-0.1, -0.05) is 0 Å². The standard InChI is InChI=1S/C19H24N4O/c1-13(23(4)14(2)24)16-9-17(11-20-10-16)18-8-15-6-5-7-22(3)19(15)21-12-18/h8-13H,5-7H2,1-4H3/t13-/m1/s1. The first kappa shape index (κ1) is 16.4. The minimum atomic E-state index is -0.00771. The third-order valence-electron chi connectivity index (χ3n) is 4.90. The highest BCUT2D eigenvalue weighted by atomic mass is 16.2. The van der Waals surface area contributed by atoms with Crippen LogP contribution in [0.5, 0.6) is 0 Å². The number of hydrogen-bond acceptors (Lipinski definition) is 4. The second kappa shape index (κ2) is 6.59. The van der Waals surface area contributed by atoms with Crippen molar-refractivity contribution in [2.24, 2.45) is 0 Å². The molecule has 1 aliphatic heterocycles. The predicted octanol–water partition coefficient (Wildman–Crippen LogP) is 3.07. The van der Waals surface area contributed by atoms with Crippen LogP contribution in [0.4, 0.5) is 5.82 Å². The van der Waals surface area contributed by atoms with E-state index in [1.807, 2.05) is 32.6 Å². The van der Waals surface area contributed by atoms with E-state index in [1.165, 1.54) is 5.56 Å². The smallest absolute Gasteiger partial charge is 0.219 e. The topological polar surface area (TPSA) is 49.3 Å². The van der Waals surface area contributed by atoms with E-state index in [2.05, 4.69) is 34.0 Å². The van der Waals surface area contributed by atoms with Crippen LogP contribution in [-0.2, 0) is 11.2 Å². The summed E-state index contributed by atoms with van der Waals surface area (Å²) in [7, 11) is 3.90. The van der Waals surface area contributed by atoms with Gasteiger partial charge in [0.1, 0.15) is 5.82 Å². The van der Waals surface area contributed by atoms with Crippen molar-refractivity contribution in [3.05, 3.63) is 41.9 Å². The van der Waals surface area contributed by atoms with E-state index in [0.717, 1.165) is 41.9 Å². The van der Waals surface area contributed by atoms with Crippen LogP contribution in [0, 0.1) is 0 Å². The summed E-state index contributed by atoms with van der Waals surface area (Å²) < 4.78 is 0. The van der Waals surface area contributed by atoms with Gasteiger partial charge in [-0.3, -0.25) is 9.78 Å². The maximum Gasteiger partial charge on any atom is 0.219 e. The fourth-order valence-corrected chi connectivity index (χ4v) is 3.14. The van der Waals surface area contributed by atoms with Crippen molar-refractivity contribution in [1.29, 1.82) is 0 Å². The van der Waals surface area contributed by atoms with Crippen molar-refractivity contribution < 1.29 is 4.79 Å². The highest BCUT2D eigenvalue weighted by Gasteiger charge is 2.17. The van der Waals surface area contributed by atoms with Gasteiger partial charge >= 0.3 is 0 Å². The van der Waals surface area contributed by atoms with Crippen LogP contribution in [-0.4, -0.2) is 41.4 Å². The van der Waals surface area contributed by atoms with Crippen LogP contribution in [0.1, 0.15) is 37.4 Å². The molecule has 0 unspecified atom stereocenters. The lowest BCUT2D eigenvalue weighted by Gasteiger charge is -2.26. The molecule has 0 aromatic carbocycles. The lowest BCUT2D eigenvalue weighted by molar-refractivity contribution is -0.129. The summed E-state index contributed by atoms with van der Waals surface area (Å²) in [5.74, 6) is 1.13. The van der Waals surface area contributed by atoms with Crippen LogP contribution >= 0.6 is 0 Å². The number of nitrogens with zero attached hydrogens (tertiary/aromatic N) is 4. The lowest BCUT2D eigenvalue weighted by Crippen LogP contribution is -2.27. The van der Waals surface area contributed by atoms with Gasteiger partial charge < -0.3 is 9.80 Å². The van der Waals surface area contributed by atoms with Gasteiger partial charge in [0, 0.05) is 57.3 Å². The first-order valence-electron chi connectivity index (χ1n) is 8.36. The van der Waals surface area contributed by atoms with Gasteiger partial charge in [-0.25, -0.2) is 4.98 Å². The molecule has 3 heterocycles. The Balaban J connectivity index is 1.93. The second-order valence-corrected chi connectivity index (χ2v) is 6.54. The summed E-state index contributed by atoms with van der Waals surface area (Å²) in [6, 6.07) is 4.32. The van der Waals surface area contributed by atoms with Gasteiger partial charge in [0.2, 0.25) is 5.91 Å². The Labute approximate surface area is 143 Å². The predicted molar refractivity (Wildman–Crippen MR) is 95.9 cm³/mol. The molecule has 0 fully saturated rings. The highest BCUT2D eigenvalue weighted by molar-refractivity contribution is 5.73. The third kappa shape index (κ3) is 3.11. The molecule has 126 valence electrons. The zero-order valence-corrected chi connectivity index (χ0v) is 14.8. The summed E-state index contributed by atoms with van der Waals surface area (Å²) in [5, 5.41) is 0. The molecule has 0 N–H and O–H groups in total. The van der Waals surface area contributed by atoms with E-state index in [4.69, 9.17) is 0 Å². The zero-order valence-electron chi connectivity index (χ0n) is 14.8. The van der Waals surface area contributed by atoms with Gasteiger partial charge in [0.25, 0.3) is 0 Å². The zero-order chi connectivity index (χ0) is 17.3. The summed E-state index contributed by atoms with van der Waals surface area (Å²) in [6.45, 7) is 4.66. The fourth-order valence-electron chi connectivity index (χ4n) is 3.14. The van der Waals surface area contributed by atoms with Gasteiger partial charge in [0.05, 0.1) is 6.04 Å². The SMILES string of the molecule is CC(=O)N(C)[C@H](C)c1cncc(-c2cnc3c(c2)CCCN3C)c1. The number of carbonyl (C=O) groups excluding carboxylic acids is 1. The first-order valence-corrected chi connectivity index (χ1v) is 8.36. The molecule has 0 bridgehead atoms. The molecule has 0 spiro atoms. The molecule has 2 aromatic rings. The Morgan fingerprint density at radius 1 is 1.25 bits per heavy atom. The normalized spacial score (nSPS) is 14.9. The number of fused-ring (bicyclic) bond motifs is 1. The quantitative estimate of drug-likeness (QED) is 0.870. The number of anilines is 1. The highest BCUT2D eigenvalue weighted by Crippen LogP contribution is 2.29. The molecule has 0 aliphatic carbocycles. The molecule has 0 saturated carbocycles. The Bertz CT molecular complexity index is 759. The van der Waals surface area contributed by atoms with Crippen molar-refractivity contribution in [2.45, 2.75) is 32.7 Å². The van der Waals surface area contributed by atoms with Gasteiger partial charge in [-0.15, -0.1) is 0 Å². The van der Waals surface area contributed by atoms with Gasteiger partial charge in [-0.2, -0.15) is 0 Å². The van der Waals surface area contributed by atoms with Crippen molar-refractivity contribution >= 4 is 11.7 Å². The summed E-state index contributed by atoms with van der Waals surface area (Å²) >= 11 is 0. The average molecular weight is 324 g/mol. The Morgan fingerprint density at radius 2 is 2.00 bits per heavy atom.